The molecular formula is C28H34O4. The highest BCUT2D eigenvalue weighted by Gasteiger charge is 2.60. The van der Waals surface area contributed by atoms with Crippen molar-refractivity contribution in [1.82, 2.24) is 0 Å². The molecule has 3 saturated carbocycles. The maximum atomic E-state index is 13.2. The molecule has 0 aromatic heterocycles. The van der Waals surface area contributed by atoms with Gasteiger partial charge in [0.25, 0.3) is 0 Å². The lowest BCUT2D eigenvalue weighted by atomic mass is 9.46. The third kappa shape index (κ3) is 3.38. The lowest BCUT2D eigenvalue weighted by Gasteiger charge is -2.58. The van der Waals surface area contributed by atoms with Gasteiger partial charge in [0.15, 0.2) is 18.2 Å². The van der Waals surface area contributed by atoms with E-state index in [1.54, 1.807) is 24.3 Å². The van der Waals surface area contributed by atoms with E-state index in [2.05, 4.69) is 13.8 Å². The maximum Gasteiger partial charge on any atom is 0.338 e. The summed E-state index contributed by atoms with van der Waals surface area (Å²) < 4.78 is 5.40. The number of hydrogen-bond acceptors (Lipinski definition) is 4. The Morgan fingerprint density at radius 3 is 2.53 bits per heavy atom. The van der Waals surface area contributed by atoms with Gasteiger partial charge in [-0.1, -0.05) is 37.6 Å². The Bertz CT molecular complexity index is 963. The van der Waals surface area contributed by atoms with E-state index in [-0.39, 0.29) is 29.1 Å². The van der Waals surface area contributed by atoms with Crippen LogP contribution in [0.4, 0.5) is 0 Å². The van der Waals surface area contributed by atoms with Crippen molar-refractivity contribution in [2.45, 2.75) is 65.2 Å². The average molecular weight is 435 g/mol. The smallest absolute Gasteiger partial charge is 0.338 e. The van der Waals surface area contributed by atoms with Gasteiger partial charge in [-0.05, 0) is 91.7 Å². The Hall–Kier alpha value is -2.23. The highest BCUT2D eigenvalue weighted by molar-refractivity contribution is 5.92. The van der Waals surface area contributed by atoms with Gasteiger partial charge >= 0.3 is 5.97 Å². The zero-order valence-corrected chi connectivity index (χ0v) is 19.3. The molecule has 0 bridgehead atoms. The van der Waals surface area contributed by atoms with Crippen LogP contribution in [0.5, 0.6) is 0 Å². The molecule has 4 unspecified atom stereocenters. The first-order valence-corrected chi connectivity index (χ1v) is 12.3. The topological polar surface area (TPSA) is 60.4 Å². The molecule has 0 saturated heterocycles. The number of benzene rings is 1. The van der Waals surface area contributed by atoms with Gasteiger partial charge < -0.3 is 4.74 Å². The number of hydrogen-bond donors (Lipinski definition) is 0. The van der Waals surface area contributed by atoms with E-state index in [1.807, 2.05) is 12.1 Å². The molecule has 4 heteroatoms. The Balaban J connectivity index is 1.29. The van der Waals surface area contributed by atoms with Crippen LogP contribution in [0.25, 0.3) is 0 Å². The van der Waals surface area contributed by atoms with E-state index in [1.165, 1.54) is 5.57 Å². The first-order chi connectivity index (χ1) is 15.3. The molecule has 4 nitrogen and oxygen atoms in total. The minimum atomic E-state index is -0.422. The Labute approximate surface area is 190 Å². The summed E-state index contributed by atoms with van der Waals surface area (Å²) in [5.41, 5.74) is 2.03. The second-order valence-corrected chi connectivity index (χ2v) is 11.1. The molecule has 4 aliphatic rings. The normalized spacial score (nSPS) is 38.2. The molecule has 170 valence electrons. The van der Waals surface area contributed by atoms with E-state index in [9.17, 15) is 14.4 Å². The zero-order chi connectivity index (χ0) is 22.5. The molecule has 6 atom stereocenters. The Morgan fingerprint density at radius 2 is 1.75 bits per heavy atom. The molecule has 32 heavy (non-hydrogen) atoms. The summed E-state index contributed by atoms with van der Waals surface area (Å²) >= 11 is 0. The van der Waals surface area contributed by atoms with Gasteiger partial charge in [0.05, 0.1) is 5.56 Å². The zero-order valence-electron chi connectivity index (χ0n) is 19.3. The molecule has 0 heterocycles. The first kappa shape index (κ1) is 21.6. The fraction of sp³-hybridized carbons (Fsp3) is 0.607. The SMILES string of the molecule is C[C@]12CCC3C(CCC4=CC(=O)CC[C@@]43C)C1CCC2C(=O)COC(=O)c1ccccc1. The van der Waals surface area contributed by atoms with Crippen molar-refractivity contribution in [3.8, 4) is 0 Å². The van der Waals surface area contributed by atoms with E-state index in [0.29, 0.717) is 35.5 Å². The number of carbonyl (C=O) groups is 3. The number of fused-ring (bicyclic) bond motifs is 5. The largest absolute Gasteiger partial charge is 0.454 e. The number of rotatable bonds is 4. The second kappa shape index (κ2) is 7.97. The van der Waals surface area contributed by atoms with Crippen LogP contribution in [0.2, 0.25) is 0 Å². The fourth-order valence-electron chi connectivity index (χ4n) is 7.98. The summed E-state index contributed by atoms with van der Waals surface area (Å²) in [6.45, 7) is 4.59. The second-order valence-electron chi connectivity index (χ2n) is 11.1. The van der Waals surface area contributed by atoms with E-state index >= 15 is 0 Å². The maximum absolute atomic E-state index is 13.2. The Morgan fingerprint density at radius 1 is 0.969 bits per heavy atom. The number of carbonyl (C=O) groups excluding carboxylic acids is 3. The number of allylic oxidation sites excluding steroid dienone is 1. The van der Waals surface area contributed by atoms with E-state index in [4.69, 9.17) is 4.74 Å². The number of Topliss-reactive ketones (excluding diaryl/α,β-unsaturated/α-hetero) is 1. The van der Waals surface area contributed by atoms with Crippen molar-refractivity contribution in [3.63, 3.8) is 0 Å². The van der Waals surface area contributed by atoms with Crippen molar-refractivity contribution < 1.29 is 19.1 Å². The van der Waals surface area contributed by atoms with Crippen LogP contribution in [0, 0.1) is 34.5 Å². The lowest BCUT2D eigenvalue weighted by molar-refractivity contribution is -0.133. The highest BCUT2D eigenvalue weighted by Crippen LogP contribution is 2.66. The van der Waals surface area contributed by atoms with Crippen molar-refractivity contribution in [2.24, 2.45) is 34.5 Å². The molecule has 4 aliphatic carbocycles. The van der Waals surface area contributed by atoms with Crippen molar-refractivity contribution in [3.05, 3.63) is 47.5 Å². The minimum absolute atomic E-state index is 0.000527. The van der Waals surface area contributed by atoms with Crippen molar-refractivity contribution in [2.75, 3.05) is 6.61 Å². The standard InChI is InChI=1S/C28H34O4/c1-27-14-12-20(29)16-19(27)8-9-21-22-10-11-24(28(22,2)15-13-23(21)27)25(30)17-32-26(31)18-6-4-3-5-7-18/h3-7,16,21-24H,8-15,17H2,1-2H3/t21?,22?,23?,24?,27-,28-/m0/s1. The predicted molar refractivity (Wildman–Crippen MR) is 122 cm³/mol. The summed E-state index contributed by atoms with van der Waals surface area (Å²) in [5.74, 6) is 1.75. The quantitative estimate of drug-likeness (QED) is 0.582. The molecule has 1 aromatic rings. The van der Waals surface area contributed by atoms with Gasteiger partial charge in [-0.15, -0.1) is 0 Å². The van der Waals surface area contributed by atoms with Crippen LogP contribution < -0.4 is 0 Å². The van der Waals surface area contributed by atoms with Crippen LogP contribution >= 0.6 is 0 Å². The van der Waals surface area contributed by atoms with E-state index < -0.39 is 5.97 Å². The van der Waals surface area contributed by atoms with Gasteiger partial charge in [0, 0.05) is 12.3 Å². The van der Waals surface area contributed by atoms with Crippen molar-refractivity contribution in [1.29, 1.82) is 0 Å². The predicted octanol–water partition coefficient (Wildman–Crippen LogP) is 5.56. The summed E-state index contributed by atoms with van der Waals surface area (Å²) in [7, 11) is 0. The summed E-state index contributed by atoms with van der Waals surface area (Å²) in [5, 5.41) is 0. The minimum Gasteiger partial charge on any atom is -0.454 e. The average Bonchev–Trinajstić information content (AvgIpc) is 3.15. The number of esters is 1. The van der Waals surface area contributed by atoms with Crippen LogP contribution in [-0.4, -0.2) is 24.1 Å². The van der Waals surface area contributed by atoms with Crippen LogP contribution in [0.1, 0.15) is 75.6 Å². The molecule has 0 aliphatic heterocycles. The van der Waals surface area contributed by atoms with Gasteiger partial charge in [-0.2, -0.15) is 0 Å². The van der Waals surface area contributed by atoms with Crippen LogP contribution in [0.3, 0.4) is 0 Å². The van der Waals surface area contributed by atoms with Gasteiger partial charge in [-0.3, -0.25) is 9.59 Å². The number of ketones is 2. The third-order valence-electron chi connectivity index (χ3n) is 9.71. The van der Waals surface area contributed by atoms with E-state index in [0.717, 1.165) is 44.9 Å². The Kier molecular flexibility index (Phi) is 5.38. The molecule has 5 rings (SSSR count). The van der Waals surface area contributed by atoms with Crippen molar-refractivity contribution >= 4 is 17.5 Å². The summed E-state index contributed by atoms with van der Waals surface area (Å²) in [6.07, 6.45) is 9.98. The monoisotopic (exact) mass is 434 g/mol. The summed E-state index contributed by atoms with van der Waals surface area (Å²) in [6, 6.07) is 8.88. The van der Waals surface area contributed by atoms with Gasteiger partial charge in [0.2, 0.25) is 0 Å². The molecule has 0 spiro atoms. The van der Waals surface area contributed by atoms with Gasteiger partial charge in [0.1, 0.15) is 0 Å². The van der Waals surface area contributed by atoms with Gasteiger partial charge in [-0.25, -0.2) is 4.79 Å². The molecule has 0 radical (unpaired) electrons. The third-order valence-corrected chi connectivity index (χ3v) is 9.71. The summed E-state index contributed by atoms with van der Waals surface area (Å²) in [4.78, 5) is 37.5. The first-order valence-electron chi connectivity index (χ1n) is 12.3. The molecule has 1 aromatic carbocycles. The molecule has 0 amide bonds. The molecule has 3 fully saturated rings. The highest BCUT2D eigenvalue weighted by atomic mass is 16.5. The van der Waals surface area contributed by atoms with Crippen LogP contribution in [0.15, 0.2) is 42.0 Å². The number of ether oxygens (including phenoxy) is 1. The molecule has 0 N–H and O–H groups in total. The van der Waals surface area contributed by atoms with Crippen LogP contribution in [-0.2, 0) is 14.3 Å². The fourth-order valence-corrected chi connectivity index (χ4v) is 7.98. The lowest BCUT2D eigenvalue weighted by Crippen LogP contribution is -2.51. The molecular weight excluding hydrogens is 400 g/mol.